The zero-order valence-corrected chi connectivity index (χ0v) is 12.5. The van der Waals surface area contributed by atoms with Gasteiger partial charge in [-0.15, -0.1) is 0 Å². The lowest BCUT2D eigenvalue weighted by Gasteiger charge is -2.19. The first kappa shape index (κ1) is 15.0. The van der Waals surface area contributed by atoms with Crippen molar-refractivity contribution in [1.29, 1.82) is 0 Å². The number of nitrogens with one attached hydrogen (secondary N) is 1. The number of hydrogen-bond donors (Lipinski definition) is 1. The van der Waals surface area contributed by atoms with Gasteiger partial charge in [-0.1, -0.05) is 0 Å². The maximum atomic E-state index is 12.2. The molecule has 0 aliphatic carbocycles. The SMILES string of the molecule is CC(C)n1nccc1C(=O)NCC1COCCN(C)C1. The first-order valence-corrected chi connectivity index (χ1v) is 7.16. The summed E-state index contributed by atoms with van der Waals surface area (Å²) in [7, 11) is 2.08. The number of carbonyl (C=O) groups excluding carboxylic acids is 1. The third-order valence-corrected chi connectivity index (χ3v) is 3.48. The Kier molecular flexibility index (Phi) is 5.14. The summed E-state index contributed by atoms with van der Waals surface area (Å²) in [5.74, 6) is 0.268. The molecule has 6 nitrogen and oxygen atoms in total. The van der Waals surface area contributed by atoms with Gasteiger partial charge in [-0.25, -0.2) is 0 Å². The van der Waals surface area contributed by atoms with Crippen LogP contribution < -0.4 is 5.32 Å². The molecule has 1 saturated heterocycles. The van der Waals surface area contributed by atoms with Gasteiger partial charge in [0.25, 0.3) is 5.91 Å². The molecule has 0 bridgehead atoms. The van der Waals surface area contributed by atoms with Crippen LogP contribution >= 0.6 is 0 Å². The Morgan fingerprint density at radius 3 is 3.15 bits per heavy atom. The molecule has 0 saturated carbocycles. The molecule has 1 aliphatic heterocycles. The first-order chi connectivity index (χ1) is 9.58. The van der Waals surface area contributed by atoms with Crippen molar-refractivity contribution in [1.82, 2.24) is 20.0 Å². The highest BCUT2D eigenvalue weighted by Crippen LogP contribution is 2.09. The second-order valence-corrected chi connectivity index (χ2v) is 5.67. The fourth-order valence-electron chi connectivity index (χ4n) is 2.41. The molecule has 0 radical (unpaired) electrons. The van der Waals surface area contributed by atoms with E-state index >= 15 is 0 Å². The van der Waals surface area contributed by atoms with Gasteiger partial charge in [0.05, 0.1) is 13.2 Å². The lowest BCUT2D eigenvalue weighted by Crippen LogP contribution is -2.36. The van der Waals surface area contributed by atoms with Crippen LogP contribution in [0.25, 0.3) is 0 Å². The van der Waals surface area contributed by atoms with E-state index in [0.717, 1.165) is 19.7 Å². The second kappa shape index (κ2) is 6.85. The van der Waals surface area contributed by atoms with Crippen LogP contribution in [0.4, 0.5) is 0 Å². The molecule has 1 unspecified atom stereocenters. The summed E-state index contributed by atoms with van der Waals surface area (Å²) >= 11 is 0. The zero-order valence-electron chi connectivity index (χ0n) is 12.5. The monoisotopic (exact) mass is 280 g/mol. The highest BCUT2D eigenvalue weighted by atomic mass is 16.5. The van der Waals surface area contributed by atoms with Crippen LogP contribution in [0.5, 0.6) is 0 Å². The fraction of sp³-hybridized carbons (Fsp3) is 0.714. The number of rotatable bonds is 4. The van der Waals surface area contributed by atoms with Crippen molar-refractivity contribution in [2.24, 2.45) is 5.92 Å². The quantitative estimate of drug-likeness (QED) is 0.885. The molecule has 6 heteroatoms. The van der Waals surface area contributed by atoms with Crippen molar-refractivity contribution in [3.63, 3.8) is 0 Å². The predicted octanol–water partition coefficient (Wildman–Crippen LogP) is 0.772. The maximum absolute atomic E-state index is 12.2. The molecule has 1 fully saturated rings. The molecular weight excluding hydrogens is 256 g/mol. The molecule has 0 spiro atoms. The highest BCUT2D eigenvalue weighted by molar-refractivity contribution is 5.92. The summed E-state index contributed by atoms with van der Waals surface area (Å²) < 4.78 is 7.29. The van der Waals surface area contributed by atoms with Gasteiger partial charge in [0.15, 0.2) is 0 Å². The Morgan fingerprint density at radius 2 is 2.40 bits per heavy atom. The van der Waals surface area contributed by atoms with Gasteiger partial charge in [-0.05, 0) is 27.0 Å². The Hall–Kier alpha value is -1.40. The van der Waals surface area contributed by atoms with Gasteiger partial charge in [0, 0.05) is 37.8 Å². The van der Waals surface area contributed by atoms with E-state index in [1.54, 1.807) is 16.9 Å². The van der Waals surface area contributed by atoms with Crippen molar-refractivity contribution < 1.29 is 9.53 Å². The van der Waals surface area contributed by atoms with E-state index in [-0.39, 0.29) is 11.9 Å². The van der Waals surface area contributed by atoms with Crippen LogP contribution in [0.15, 0.2) is 12.3 Å². The molecule has 1 atom stereocenters. The van der Waals surface area contributed by atoms with E-state index in [0.29, 0.717) is 24.8 Å². The van der Waals surface area contributed by atoms with Crippen molar-refractivity contribution in [2.75, 3.05) is 39.9 Å². The molecule has 112 valence electrons. The standard InChI is InChI=1S/C14H24N4O2/c1-11(2)18-13(4-5-16-18)14(19)15-8-12-9-17(3)6-7-20-10-12/h4-5,11-12H,6-10H2,1-3H3,(H,15,19). The van der Waals surface area contributed by atoms with Gasteiger partial charge < -0.3 is 15.0 Å². The second-order valence-electron chi connectivity index (χ2n) is 5.67. The third kappa shape index (κ3) is 3.80. The van der Waals surface area contributed by atoms with E-state index in [2.05, 4.69) is 22.4 Å². The Balaban J connectivity index is 1.89. The van der Waals surface area contributed by atoms with Crippen molar-refractivity contribution in [2.45, 2.75) is 19.9 Å². The number of carbonyl (C=O) groups is 1. The smallest absolute Gasteiger partial charge is 0.269 e. The Bertz CT molecular complexity index is 444. The minimum Gasteiger partial charge on any atom is -0.380 e. The van der Waals surface area contributed by atoms with Gasteiger partial charge >= 0.3 is 0 Å². The molecule has 20 heavy (non-hydrogen) atoms. The fourth-order valence-corrected chi connectivity index (χ4v) is 2.41. The Morgan fingerprint density at radius 1 is 1.60 bits per heavy atom. The van der Waals surface area contributed by atoms with Crippen molar-refractivity contribution >= 4 is 5.91 Å². The van der Waals surface area contributed by atoms with E-state index in [1.807, 2.05) is 13.8 Å². The van der Waals surface area contributed by atoms with Crippen LogP contribution in [0.1, 0.15) is 30.4 Å². The molecule has 1 amide bonds. The average molecular weight is 280 g/mol. The van der Waals surface area contributed by atoms with Crippen LogP contribution in [0.2, 0.25) is 0 Å². The molecule has 2 heterocycles. The summed E-state index contributed by atoms with van der Waals surface area (Å²) in [4.78, 5) is 14.5. The van der Waals surface area contributed by atoms with Gasteiger partial charge in [0.2, 0.25) is 0 Å². The number of aromatic nitrogens is 2. The Labute approximate surface area is 120 Å². The minimum absolute atomic E-state index is 0.0666. The van der Waals surface area contributed by atoms with E-state index in [9.17, 15) is 4.79 Å². The lowest BCUT2D eigenvalue weighted by atomic mass is 10.1. The van der Waals surface area contributed by atoms with Gasteiger partial charge in [0.1, 0.15) is 5.69 Å². The van der Waals surface area contributed by atoms with Crippen LogP contribution in [-0.4, -0.2) is 60.5 Å². The molecule has 1 N–H and O–H groups in total. The number of ether oxygens (including phenoxy) is 1. The van der Waals surface area contributed by atoms with Gasteiger partial charge in [-0.2, -0.15) is 5.10 Å². The summed E-state index contributed by atoms with van der Waals surface area (Å²) in [5.41, 5.74) is 0.614. The minimum atomic E-state index is -0.0666. The third-order valence-electron chi connectivity index (χ3n) is 3.48. The normalized spacial score (nSPS) is 20.9. The number of nitrogens with zero attached hydrogens (tertiary/aromatic N) is 3. The lowest BCUT2D eigenvalue weighted by molar-refractivity contribution is 0.0909. The van der Waals surface area contributed by atoms with Crippen molar-refractivity contribution in [3.8, 4) is 0 Å². The van der Waals surface area contributed by atoms with Crippen LogP contribution in [0, 0.1) is 5.92 Å². The number of likely N-dealkylation sites (N-methyl/N-ethyl adjacent to an activating group) is 1. The molecule has 0 aromatic carbocycles. The molecule has 2 rings (SSSR count). The largest absolute Gasteiger partial charge is 0.380 e. The van der Waals surface area contributed by atoms with Crippen LogP contribution in [-0.2, 0) is 4.74 Å². The number of amides is 1. The molecule has 1 aromatic rings. The van der Waals surface area contributed by atoms with Gasteiger partial charge in [-0.3, -0.25) is 9.48 Å². The number of hydrogen-bond acceptors (Lipinski definition) is 4. The summed E-state index contributed by atoms with van der Waals surface area (Å²) in [6.07, 6.45) is 1.66. The summed E-state index contributed by atoms with van der Waals surface area (Å²) in [6.45, 7) is 8.02. The van der Waals surface area contributed by atoms with Crippen molar-refractivity contribution in [3.05, 3.63) is 18.0 Å². The summed E-state index contributed by atoms with van der Waals surface area (Å²) in [5, 5.41) is 7.17. The molecule has 1 aromatic heterocycles. The topological polar surface area (TPSA) is 59.4 Å². The zero-order chi connectivity index (χ0) is 14.5. The van der Waals surface area contributed by atoms with E-state index in [1.165, 1.54) is 0 Å². The van der Waals surface area contributed by atoms with Crippen LogP contribution in [0.3, 0.4) is 0 Å². The molecule has 1 aliphatic rings. The predicted molar refractivity (Wildman–Crippen MR) is 76.8 cm³/mol. The van der Waals surface area contributed by atoms with E-state index in [4.69, 9.17) is 4.74 Å². The van der Waals surface area contributed by atoms with E-state index < -0.39 is 0 Å². The first-order valence-electron chi connectivity index (χ1n) is 7.16. The maximum Gasteiger partial charge on any atom is 0.269 e. The highest BCUT2D eigenvalue weighted by Gasteiger charge is 2.19. The average Bonchev–Trinajstić information content (AvgIpc) is 2.81. The summed E-state index contributed by atoms with van der Waals surface area (Å²) in [6, 6.07) is 1.93. The molecular formula is C14H24N4O2.